The van der Waals surface area contributed by atoms with Gasteiger partial charge in [0.2, 0.25) is 0 Å². The van der Waals surface area contributed by atoms with E-state index in [2.05, 4.69) is 20.8 Å². The molecular weight excluding hydrogens is 241 g/mol. The van der Waals surface area contributed by atoms with Crippen LogP contribution in [0.1, 0.15) is 59.3 Å². The van der Waals surface area contributed by atoms with Gasteiger partial charge >= 0.3 is 0 Å². The second kappa shape index (κ2) is 12.0. The van der Waals surface area contributed by atoms with Crippen molar-refractivity contribution >= 4 is 11.6 Å². The van der Waals surface area contributed by atoms with Gasteiger partial charge in [0.05, 0.1) is 19.6 Å². The lowest BCUT2D eigenvalue weighted by atomic mass is 10.2. The summed E-state index contributed by atoms with van der Waals surface area (Å²) >= 11 is 6.20. The van der Waals surface area contributed by atoms with Crippen LogP contribution in [0.3, 0.4) is 0 Å². The van der Waals surface area contributed by atoms with Crippen molar-refractivity contribution in [3.05, 3.63) is 0 Å². The predicted molar refractivity (Wildman–Crippen MR) is 70.3 cm³/mol. The van der Waals surface area contributed by atoms with Crippen molar-refractivity contribution in [2.24, 2.45) is 0 Å². The Morgan fingerprint density at radius 1 is 0.750 bits per heavy atom. The summed E-state index contributed by atoms with van der Waals surface area (Å²) in [6, 6.07) is 0.806. The quantitative estimate of drug-likeness (QED) is 0.320. The summed E-state index contributed by atoms with van der Waals surface area (Å²) in [4.78, 5) is 0. The molecule has 0 aliphatic heterocycles. The Morgan fingerprint density at radius 3 is 1.25 bits per heavy atom. The lowest BCUT2D eigenvalue weighted by Gasteiger charge is -2.37. The average Bonchev–Trinajstić information content (AvgIpc) is 2.29. The molecule has 0 aromatic heterocycles. The number of quaternary nitrogens is 1. The van der Waals surface area contributed by atoms with Gasteiger partial charge in [0, 0.05) is 0 Å². The first kappa shape index (κ1) is 18.9. The number of hydrogen-bond donors (Lipinski definition) is 0. The molecule has 3 heteroatoms. The van der Waals surface area contributed by atoms with Crippen LogP contribution in [0, 0.1) is 0 Å². The molecule has 0 bridgehead atoms. The fraction of sp³-hybridized carbons (Fsp3) is 1.00. The van der Waals surface area contributed by atoms with Gasteiger partial charge in [0.1, 0.15) is 0 Å². The van der Waals surface area contributed by atoms with Gasteiger partial charge in [-0.05, 0) is 19.3 Å². The average molecular weight is 270 g/mol. The molecule has 16 heavy (non-hydrogen) atoms. The molecule has 0 aliphatic carbocycles. The Hall–Kier alpha value is 0.540. The van der Waals surface area contributed by atoms with Crippen LogP contribution in [0.15, 0.2) is 0 Å². The van der Waals surface area contributed by atoms with Crippen molar-refractivity contribution in [3.63, 3.8) is 0 Å². The highest BCUT2D eigenvalue weighted by Crippen LogP contribution is 2.15. The molecule has 0 fully saturated rings. The molecule has 0 saturated heterocycles. The summed E-state index contributed by atoms with van der Waals surface area (Å²) < 4.78 is 1.15. The van der Waals surface area contributed by atoms with Crippen molar-refractivity contribution in [2.75, 3.05) is 25.6 Å². The monoisotopic (exact) mass is 269 g/mol. The molecule has 0 atom stereocenters. The van der Waals surface area contributed by atoms with E-state index in [0.29, 0.717) is 0 Å². The van der Waals surface area contributed by atoms with Crippen LogP contribution in [-0.2, 0) is 0 Å². The fourth-order valence-corrected chi connectivity index (χ4v) is 2.35. The standard InChI is InChI=1S/C13H29ClN.ClH/c1-4-7-10-15(13-14,11-8-5-2)12-9-6-3;/h4-13H2,1-3H3;1H/q+1;/p-1. The molecule has 0 radical (unpaired) electrons. The first-order chi connectivity index (χ1) is 7.24. The van der Waals surface area contributed by atoms with E-state index in [4.69, 9.17) is 11.6 Å². The zero-order valence-electron chi connectivity index (χ0n) is 11.3. The maximum Gasteiger partial charge on any atom is 0.154 e. The van der Waals surface area contributed by atoms with E-state index in [-0.39, 0.29) is 12.4 Å². The SMILES string of the molecule is CCCC[N+](CCl)(CCCC)CCCC.[Cl-]. The second-order valence-electron chi connectivity index (χ2n) is 4.69. The van der Waals surface area contributed by atoms with Crippen molar-refractivity contribution in [1.82, 2.24) is 0 Å². The lowest BCUT2D eigenvalue weighted by molar-refractivity contribution is -0.918. The Morgan fingerprint density at radius 2 is 1.06 bits per heavy atom. The summed E-state index contributed by atoms with van der Waals surface area (Å²) in [5.74, 6) is 0. The molecule has 1 nitrogen and oxygen atoms in total. The third-order valence-electron chi connectivity index (χ3n) is 3.21. The van der Waals surface area contributed by atoms with Crippen LogP contribution < -0.4 is 12.4 Å². The van der Waals surface area contributed by atoms with Gasteiger partial charge < -0.3 is 16.9 Å². The molecule has 0 heterocycles. The van der Waals surface area contributed by atoms with Gasteiger partial charge in [0.15, 0.2) is 6.00 Å². The number of rotatable bonds is 10. The van der Waals surface area contributed by atoms with Crippen LogP contribution in [0.4, 0.5) is 0 Å². The van der Waals surface area contributed by atoms with E-state index in [0.717, 1.165) is 10.5 Å². The van der Waals surface area contributed by atoms with E-state index in [1.807, 2.05) is 0 Å². The van der Waals surface area contributed by atoms with Crippen molar-refractivity contribution in [3.8, 4) is 0 Å². The lowest BCUT2D eigenvalue weighted by Crippen LogP contribution is -3.00. The highest BCUT2D eigenvalue weighted by molar-refractivity contribution is 6.16. The third-order valence-corrected chi connectivity index (χ3v) is 3.72. The maximum absolute atomic E-state index is 6.20. The van der Waals surface area contributed by atoms with E-state index >= 15 is 0 Å². The highest BCUT2D eigenvalue weighted by Gasteiger charge is 2.24. The number of unbranched alkanes of at least 4 members (excludes halogenated alkanes) is 3. The largest absolute Gasteiger partial charge is 1.00 e. The Labute approximate surface area is 114 Å². The summed E-state index contributed by atoms with van der Waals surface area (Å²) in [6.45, 7) is 10.6. The maximum atomic E-state index is 6.20. The van der Waals surface area contributed by atoms with Crippen molar-refractivity contribution in [2.45, 2.75) is 59.3 Å². The number of nitrogens with zero attached hydrogens (tertiary/aromatic N) is 1. The van der Waals surface area contributed by atoms with Crippen molar-refractivity contribution in [1.29, 1.82) is 0 Å². The normalized spacial score (nSPS) is 11.2. The molecule has 0 saturated carbocycles. The number of halogens is 2. The van der Waals surface area contributed by atoms with Crippen LogP contribution in [0.2, 0.25) is 0 Å². The molecule has 0 aromatic carbocycles. The number of hydrogen-bond acceptors (Lipinski definition) is 0. The molecule has 0 rings (SSSR count). The second-order valence-corrected chi connectivity index (χ2v) is 4.93. The van der Waals surface area contributed by atoms with Gasteiger partial charge in [-0.25, -0.2) is 0 Å². The van der Waals surface area contributed by atoms with Crippen LogP contribution >= 0.6 is 11.6 Å². The Bertz CT molecular complexity index is 118. The molecule has 0 unspecified atom stereocenters. The zero-order valence-corrected chi connectivity index (χ0v) is 12.8. The van der Waals surface area contributed by atoms with Gasteiger partial charge in [0.25, 0.3) is 0 Å². The smallest absolute Gasteiger partial charge is 0.154 e. The minimum Gasteiger partial charge on any atom is -1.00 e. The van der Waals surface area contributed by atoms with E-state index in [1.54, 1.807) is 0 Å². The summed E-state index contributed by atoms with van der Waals surface area (Å²) in [6.07, 6.45) is 7.82. The minimum atomic E-state index is 0. The summed E-state index contributed by atoms with van der Waals surface area (Å²) in [5.41, 5.74) is 0. The molecule has 100 valence electrons. The fourth-order valence-electron chi connectivity index (χ4n) is 2.00. The molecule has 0 N–H and O–H groups in total. The molecule has 0 aromatic rings. The van der Waals surface area contributed by atoms with Crippen LogP contribution in [0.5, 0.6) is 0 Å². The van der Waals surface area contributed by atoms with Gasteiger partial charge in [-0.1, -0.05) is 51.6 Å². The van der Waals surface area contributed by atoms with E-state index < -0.39 is 0 Å². The number of alkyl halides is 1. The van der Waals surface area contributed by atoms with E-state index in [9.17, 15) is 0 Å². The molecule has 0 amide bonds. The van der Waals surface area contributed by atoms with Gasteiger partial charge in [-0.15, -0.1) is 0 Å². The first-order valence-electron chi connectivity index (χ1n) is 6.65. The van der Waals surface area contributed by atoms with Crippen LogP contribution in [0.25, 0.3) is 0 Å². The topological polar surface area (TPSA) is 0 Å². The first-order valence-corrected chi connectivity index (χ1v) is 7.19. The minimum absolute atomic E-state index is 0. The van der Waals surface area contributed by atoms with Crippen molar-refractivity contribution < 1.29 is 16.9 Å². The Kier molecular flexibility index (Phi) is 14.2. The molecule has 0 spiro atoms. The third kappa shape index (κ3) is 7.76. The highest BCUT2D eigenvalue weighted by atomic mass is 35.5. The zero-order chi connectivity index (χ0) is 11.6. The Balaban J connectivity index is 0. The predicted octanol–water partition coefficient (Wildman–Crippen LogP) is 1.40. The van der Waals surface area contributed by atoms with Gasteiger partial charge in [-0.3, -0.25) is 0 Å². The molecular formula is C13H29Cl2N. The molecule has 0 aliphatic rings. The summed E-state index contributed by atoms with van der Waals surface area (Å²) in [7, 11) is 0. The van der Waals surface area contributed by atoms with Crippen LogP contribution in [-0.4, -0.2) is 30.1 Å². The van der Waals surface area contributed by atoms with E-state index in [1.165, 1.54) is 58.2 Å². The van der Waals surface area contributed by atoms with Gasteiger partial charge in [-0.2, -0.15) is 0 Å². The summed E-state index contributed by atoms with van der Waals surface area (Å²) in [5, 5.41) is 0.